The molecule has 1 N–H and O–H groups in total. The number of rotatable bonds is 5. The Balaban J connectivity index is 2.92. The molecule has 1 saturated heterocycles. The van der Waals surface area contributed by atoms with Crippen LogP contribution in [0.4, 0.5) is 4.79 Å². The number of carboxylic acid groups (broad SMARTS) is 1. The van der Waals surface area contributed by atoms with Crippen molar-refractivity contribution in [3.8, 4) is 0 Å². The van der Waals surface area contributed by atoms with Gasteiger partial charge < -0.3 is 10.0 Å². The number of carboxylic acids is 1. The van der Waals surface area contributed by atoms with Gasteiger partial charge in [0.1, 0.15) is 6.04 Å². The first-order valence-electron chi connectivity index (χ1n) is 5.72. The number of hydrogen-bond donors (Lipinski definition) is 1. The summed E-state index contributed by atoms with van der Waals surface area (Å²) >= 11 is 0. The highest BCUT2D eigenvalue weighted by molar-refractivity contribution is 6.05. The predicted molar refractivity (Wildman–Crippen MR) is 60.4 cm³/mol. The molecule has 1 fully saturated rings. The van der Waals surface area contributed by atoms with Gasteiger partial charge in [0, 0.05) is 13.1 Å². The van der Waals surface area contributed by atoms with Crippen LogP contribution in [0, 0.1) is 5.92 Å². The van der Waals surface area contributed by atoms with E-state index in [0.29, 0.717) is 6.54 Å². The van der Waals surface area contributed by atoms with E-state index in [9.17, 15) is 14.4 Å². The standard InChI is InChI=1S/C11H18N2O4/c1-4-12-10(16)8(5-9(14)15)13(11(12)17)6-7(2)3/h7-8H,4-6H2,1-3H3,(H,14,15)/t8-/m0/s1. The molecule has 0 aromatic carbocycles. The molecule has 17 heavy (non-hydrogen) atoms. The third kappa shape index (κ3) is 2.75. The zero-order chi connectivity index (χ0) is 13.2. The van der Waals surface area contributed by atoms with E-state index in [0.717, 1.165) is 4.90 Å². The summed E-state index contributed by atoms with van der Waals surface area (Å²) in [6.07, 6.45) is -0.326. The third-order valence-corrected chi connectivity index (χ3v) is 2.65. The molecule has 1 atom stereocenters. The van der Waals surface area contributed by atoms with Gasteiger partial charge in [-0.25, -0.2) is 4.79 Å². The number of nitrogens with zero attached hydrogens (tertiary/aromatic N) is 2. The highest BCUT2D eigenvalue weighted by Gasteiger charge is 2.45. The molecule has 6 heteroatoms. The van der Waals surface area contributed by atoms with Crippen LogP contribution >= 0.6 is 0 Å². The smallest absolute Gasteiger partial charge is 0.327 e. The number of imide groups is 1. The lowest BCUT2D eigenvalue weighted by molar-refractivity contribution is -0.141. The molecule has 0 spiro atoms. The molecular formula is C11H18N2O4. The number of likely N-dealkylation sites (N-methyl/N-ethyl adjacent to an activating group) is 1. The van der Waals surface area contributed by atoms with Crippen molar-refractivity contribution in [3.05, 3.63) is 0 Å². The molecule has 0 saturated carbocycles. The molecule has 3 amide bonds. The number of urea groups is 1. The highest BCUT2D eigenvalue weighted by Crippen LogP contribution is 2.21. The normalized spacial score (nSPS) is 20.6. The van der Waals surface area contributed by atoms with E-state index in [4.69, 9.17) is 5.11 Å². The minimum Gasteiger partial charge on any atom is -0.481 e. The molecule has 1 aliphatic heterocycles. The summed E-state index contributed by atoms with van der Waals surface area (Å²) in [5, 5.41) is 8.78. The maximum absolute atomic E-state index is 11.9. The van der Waals surface area contributed by atoms with E-state index in [2.05, 4.69) is 0 Å². The Labute approximate surface area is 100 Å². The van der Waals surface area contributed by atoms with Crippen LogP contribution in [0.25, 0.3) is 0 Å². The number of carbonyl (C=O) groups is 3. The predicted octanol–water partition coefficient (Wildman–Crippen LogP) is 0.770. The van der Waals surface area contributed by atoms with Crippen LogP contribution in [-0.4, -0.2) is 51.9 Å². The minimum absolute atomic E-state index is 0.194. The monoisotopic (exact) mass is 242 g/mol. The molecule has 1 heterocycles. The maximum Gasteiger partial charge on any atom is 0.327 e. The highest BCUT2D eigenvalue weighted by atomic mass is 16.4. The van der Waals surface area contributed by atoms with Gasteiger partial charge in [-0.15, -0.1) is 0 Å². The Morgan fingerprint density at radius 3 is 2.41 bits per heavy atom. The fraction of sp³-hybridized carbons (Fsp3) is 0.727. The van der Waals surface area contributed by atoms with Crippen molar-refractivity contribution in [3.63, 3.8) is 0 Å². The van der Waals surface area contributed by atoms with E-state index in [1.807, 2.05) is 13.8 Å². The second-order valence-electron chi connectivity index (χ2n) is 4.52. The first-order chi connectivity index (χ1) is 7.88. The fourth-order valence-corrected chi connectivity index (χ4v) is 1.95. The van der Waals surface area contributed by atoms with E-state index in [-0.39, 0.29) is 24.9 Å². The summed E-state index contributed by atoms with van der Waals surface area (Å²) in [5.74, 6) is -1.27. The number of carbonyl (C=O) groups excluding carboxylic acids is 2. The lowest BCUT2D eigenvalue weighted by atomic mass is 10.1. The third-order valence-electron chi connectivity index (χ3n) is 2.65. The van der Waals surface area contributed by atoms with Crippen LogP contribution in [0.15, 0.2) is 0 Å². The van der Waals surface area contributed by atoms with Gasteiger partial charge in [-0.2, -0.15) is 0 Å². The molecule has 6 nitrogen and oxygen atoms in total. The van der Waals surface area contributed by atoms with Gasteiger partial charge in [0.2, 0.25) is 0 Å². The summed E-state index contributed by atoms with van der Waals surface area (Å²) in [4.78, 5) is 37.0. The van der Waals surface area contributed by atoms with Gasteiger partial charge in [0.05, 0.1) is 6.42 Å². The maximum atomic E-state index is 11.9. The summed E-state index contributed by atoms with van der Waals surface area (Å²) in [7, 11) is 0. The summed E-state index contributed by atoms with van der Waals surface area (Å²) in [5.41, 5.74) is 0. The van der Waals surface area contributed by atoms with Crippen LogP contribution < -0.4 is 0 Å². The minimum atomic E-state index is -1.07. The van der Waals surface area contributed by atoms with Gasteiger partial charge in [0.25, 0.3) is 5.91 Å². The first kappa shape index (κ1) is 13.5. The zero-order valence-electron chi connectivity index (χ0n) is 10.3. The van der Waals surface area contributed by atoms with Crippen LogP contribution in [0.5, 0.6) is 0 Å². The molecule has 1 rings (SSSR count). The van der Waals surface area contributed by atoms with Crippen LogP contribution in [-0.2, 0) is 9.59 Å². The average molecular weight is 242 g/mol. The Morgan fingerprint density at radius 1 is 1.41 bits per heavy atom. The van der Waals surface area contributed by atoms with Gasteiger partial charge in [-0.1, -0.05) is 13.8 Å². The molecule has 0 radical (unpaired) electrons. The second kappa shape index (κ2) is 5.16. The van der Waals surface area contributed by atoms with E-state index in [1.54, 1.807) is 6.92 Å². The average Bonchev–Trinajstić information content (AvgIpc) is 2.41. The number of hydrogen-bond acceptors (Lipinski definition) is 3. The molecule has 0 bridgehead atoms. The molecule has 0 aliphatic carbocycles. The van der Waals surface area contributed by atoms with Gasteiger partial charge in [-0.3, -0.25) is 14.5 Å². The van der Waals surface area contributed by atoms with Crippen molar-refractivity contribution in [1.82, 2.24) is 9.80 Å². The lowest BCUT2D eigenvalue weighted by Crippen LogP contribution is -2.39. The van der Waals surface area contributed by atoms with Crippen molar-refractivity contribution in [2.24, 2.45) is 5.92 Å². The van der Waals surface area contributed by atoms with Crippen molar-refractivity contribution in [2.75, 3.05) is 13.1 Å². The second-order valence-corrected chi connectivity index (χ2v) is 4.52. The summed E-state index contributed by atoms with van der Waals surface area (Å²) < 4.78 is 0. The molecule has 96 valence electrons. The van der Waals surface area contributed by atoms with Crippen molar-refractivity contribution < 1.29 is 19.5 Å². The van der Waals surface area contributed by atoms with Crippen molar-refractivity contribution in [1.29, 1.82) is 0 Å². The largest absolute Gasteiger partial charge is 0.481 e. The van der Waals surface area contributed by atoms with Gasteiger partial charge >= 0.3 is 12.0 Å². The quantitative estimate of drug-likeness (QED) is 0.722. The Kier molecular flexibility index (Phi) is 4.09. The SMILES string of the molecule is CCN1C(=O)[C@H](CC(=O)O)N(CC(C)C)C1=O. The van der Waals surface area contributed by atoms with Crippen molar-refractivity contribution in [2.45, 2.75) is 33.2 Å². The Morgan fingerprint density at radius 2 is 2.00 bits per heavy atom. The van der Waals surface area contributed by atoms with Gasteiger partial charge in [-0.05, 0) is 12.8 Å². The molecule has 0 unspecified atom stereocenters. The van der Waals surface area contributed by atoms with Crippen LogP contribution in [0.1, 0.15) is 27.2 Å². The van der Waals surface area contributed by atoms with E-state index < -0.39 is 17.9 Å². The van der Waals surface area contributed by atoms with Gasteiger partial charge in [0.15, 0.2) is 0 Å². The summed E-state index contributed by atoms with van der Waals surface area (Å²) in [6, 6.07) is -1.22. The molecule has 0 aromatic heterocycles. The zero-order valence-corrected chi connectivity index (χ0v) is 10.3. The van der Waals surface area contributed by atoms with Crippen LogP contribution in [0.2, 0.25) is 0 Å². The lowest BCUT2D eigenvalue weighted by Gasteiger charge is -2.22. The first-order valence-corrected chi connectivity index (χ1v) is 5.72. The summed E-state index contributed by atoms with van der Waals surface area (Å²) in [6.45, 7) is 6.22. The topological polar surface area (TPSA) is 77.9 Å². The fourth-order valence-electron chi connectivity index (χ4n) is 1.95. The molecule has 1 aliphatic rings. The van der Waals surface area contributed by atoms with E-state index in [1.165, 1.54) is 4.90 Å². The number of aliphatic carboxylic acids is 1. The van der Waals surface area contributed by atoms with Crippen LogP contribution in [0.3, 0.4) is 0 Å². The molecule has 0 aromatic rings. The Bertz CT molecular complexity index is 340. The Hall–Kier alpha value is -1.59. The molecular weight excluding hydrogens is 224 g/mol. The van der Waals surface area contributed by atoms with E-state index >= 15 is 0 Å². The number of amides is 3. The van der Waals surface area contributed by atoms with Crippen molar-refractivity contribution >= 4 is 17.9 Å².